The Morgan fingerprint density at radius 3 is 2.53 bits per heavy atom. The van der Waals surface area contributed by atoms with Gasteiger partial charge in [0.05, 0.1) is 13.1 Å². The summed E-state index contributed by atoms with van der Waals surface area (Å²) in [6.45, 7) is 10.4. The van der Waals surface area contributed by atoms with Gasteiger partial charge in [-0.25, -0.2) is 0 Å². The van der Waals surface area contributed by atoms with Crippen molar-refractivity contribution < 1.29 is 28.2 Å². The summed E-state index contributed by atoms with van der Waals surface area (Å²) in [4.78, 5) is 29.7. The van der Waals surface area contributed by atoms with Crippen molar-refractivity contribution in [2.24, 2.45) is 5.92 Å². The van der Waals surface area contributed by atoms with E-state index in [4.69, 9.17) is 18.6 Å². The van der Waals surface area contributed by atoms with Gasteiger partial charge < -0.3 is 28.4 Å². The predicted molar refractivity (Wildman–Crippen MR) is 127 cm³/mol. The van der Waals surface area contributed by atoms with Crippen molar-refractivity contribution >= 4 is 11.8 Å². The fourth-order valence-corrected chi connectivity index (χ4v) is 3.79. The summed E-state index contributed by atoms with van der Waals surface area (Å²) in [6.07, 6.45) is 1.09. The Balaban J connectivity index is 1.74. The lowest BCUT2D eigenvalue weighted by atomic mass is 10.1. The number of rotatable bonds is 13. The summed E-state index contributed by atoms with van der Waals surface area (Å²) >= 11 is 0. The van der Waals surface area contributed by atoms with Gasteiger partial charge in [0, 0.05) is 32.7 Å². The van der Waals surface area contributed by atoms with Crippen molar-refractivity contribution in [3.05, 3.63) is 47.4 Å². The SMILES string of the molecule is CCOCCCN(CC(=O)N(Cc1ccc2c(c1)OCO2)Cc1ccc(C)o1)C(=O)CC(C)C. The zero-order chi connectivity index (χ0) is 24.5. The highest BCUT2D eigenvalue weighted by atomic mass is 16.7. The van der Waals surface area contributed by atoms with Gasteiger partial charge in [-0.2, -0.15) is 0 Å². The van der Waals surface area contributed by atoms with Crippen molar-refractivity contribution in [1.82, 2.24) is 9.80 Å². The Labute approximate surface area is 201 Å². The first kappa shape index (κ1) is 25.6. The fourth-order valence-electron chi connectivity index (χ4n) is 3.79. The van der Waals surface area contributed by atoms with Gasteiger partial charge in [-0.1, -0.05) is 19.9 Å². The number of benzene rings is 1. The topological polar surface area (TPSA) is 81.5 Å². The van der Waals surface area contributed by atoms with E-state index in [2.05, 4.69) is 0 Å². The molecule has 0 radical (unpaired) electrons. The lowest BCUT2D eigenvalue weighted by Crippen LogP contribution is -2.43. The number of amides is 2. The largest absolute Gasteiger partial charge is 0.464 e. The lowest BCUT2D eigenvalue weighted by Gasteiger charge is -2.28. The Morgan fingerprint density at radius 1 is 1.03 bits per heavy atom. The highest BCUT2D eigenvalue weighted by molar-refractivity contribution is 5.85. The monoisotopic (exact) mass is 472 g/mol. The van der Waals surface area contributed by atoms with Crippen LogP contribution in [0.25, 0.3) is 0 Å². The molecule has 3 rings (SSSR count). The molecule has 0 bridgehead atoms. The molecule has 1 aromatic heterocycles. The van der Waals surface area contributed by atoms with E-state index in [0.717, 1.165) is 11.3 Å². The molecule has 0 unspecified atom stereocenters. The van der Waals surface area contributed by atoms with Crippen molar-refractivity contribution in [3.63, 3.8) is 0 Å². The zero-order valence-corrected chi connectivity index (χ0v) is 20.7. The van der Waals surface area contributed by atoms with E-state index in [9.17, 15) is 9.59 Å². The summed E-state index contributed by atoms with van der Waals surface area (Å²) < 4.78 is 22.1. The minimum absolute atomic E-state index is 0.0158. The highest BCUT2D eigenvalue weighted by Crippen LogP contribution is 2.33. The second kappa shape index (κ2) is 12.5. The Morgan fingerprint density at radius 2 is 1.82 bits per heavy atom. The predicted octanol–water partition coefficient (Wildman–Crippen LogP) is 4.15. The van der Waals surface area contributed by atoms with Crippen molar-refractivity contribution in [2.45, 2.75) is 53.6 Å². The Bertz CT molecular complexity index is 955. The van der Waals surface area contributed by atoms with E-state index in [1.54, 1.807) is 9.80 Å². The lowest BCUT2D eigenvalue weighted by molar-refractivity contribution is -0.142. The molecule has 0 saturated carbocycles. The second-order valence-electron chi connectivity index (χ2n) is 8.91. The third-order valence-electron chi connectivity index (χ3n) is 5.49. The summed E-state index contributed by atoms with van der Waals surface area (Å²) in [6, 6.07) is 9.41. The molecule has 0 atom stereocenters. The van der Waals surface area contributed by atoms with E-state index in [-0.39, 0.29) is 31.1 Å². The zero-order valence-electron chi connectivity index (χ0n) is 20.7. The molecule has 1 aliphatic rings. The molecule has 0 saturated heterocycles. The molecule has 34 heavy (non-hydrogen) atoms. The molecule has 2 aromatic rings. The molecule has 8 heteroatoms. The first-order chi connectivity index (χ1) is 16.4. The van der Waals surface area contributed by atoms with Crippen LogP contribution in [0.1, 0.15) is 50.7 Å². The Kier molecular flexibility index (Phi) is 9.39. The average Bonchev–Trinajstić information content (AvgIpc) is 3.42. The van der Waals surface area contributed by atoms with Crippen molar-refractivity contribution in [3.8, 4) is 11.5 Å². The number of hydrogen-bond donors (Lipinski definition) is 0. The van der Waals surface area contributed by atoms with Crippen LogP contribution in [-0.2, 0) is 27.4 Å². The van der Waals surface area contributed by atoms with E-state index >= 15 is 0 Å². The first-order valence-electron chi connectivity index (χ1n) is 11.9. The van der Waals surface area contributed by atoms with Gasteiger partial charge in [0.1, 0.15) is 11.5 Å². The minimum Gasteiger partial charge on any atom is -0.464 e. The number of hydrogen-bond acceptors (Lipinski definition) is 6. The molecule has 2 amide bonds. The summed E-state index contributed by atoms with van der Waals surface area (Å²) in [5.74, 6) is 2.91. The number of carbonyl (C=O) groups is 2. The average molecular weight is 473 g/mol. The number of nitrogens with zero attached hydrogens (tertiary/aromatic N) is 2. The van der Waals surface area contributed by atoms with Gasteiger partial charge in [-0.05, 0) is 56.0 Å². The number of fused-ring (bicyclic) bond motifs is 1. The van der Waals surface area contributed by atoms with Gasteiger partial charge in [0.15, 0.2) is 11.5 Å². The standard InChI is InChI=1S/C26H36N2O6/c1-5-31-12-6-11-27(25(29)13-19(2)3)17-26(30)28(16-22-9-7-20(4)34-22)15-21-8-10-23-24(14-21)33-18-32-23/h7-10,14,19H,5-6,11-13,15-18H2,1-4H3. The van der Waals surface area contributed by atoms with Crippen LogP contribution in [-0.4, -0.2) is 54.7 Å². The second-order valence-corrected chi connectivity index (χ2v) is 8.91. The highest BCUT2D eigenvalue weighted by Gasteiger charge is 2.24. The molecule has 0 spiro atoms. The molecule has 0 N–H and O–H groups in total. The summed E-state index contributed by atoms with van der Waals surface area (Å²) in [5, 5.41) is 0. The van der Waals surface area contributed by atoms with Crippen LogP contribution in [0.15, 0.2) is 34.7 Å². The van der Waals surface area contributed by atoms with Crippen LogP contribution in [0.3, 0.4) is 0 Å². The first-order valence-corrected chi connectivity index (χ1v) is 11.9. The smallest absolute Gasteiger partial charge is 0.242 e. The minimum atomic E-state index is -0.139. The normalized spacial score (nSPS) is 12.3. The van der Waals surface area contributed by atoms with Crippen LogP contribution < -0.4 is 9.47 Å². The van der Waals surface area contributed by atoms with Crippen molar-refractivity contribution in [1.29, 1.82) is 0 Å². The van der Waals surface area contributed by atoms with Gasteiger partial charge >= 0.3 is 0 Å². The van der Waals surface area contributed by atoms with Crippen LogP contribution in [0.2, 0.25) is 0 Å². The quantitative estimate of drug-likeness (QED) is 0.408. The maximum atomic E-state index is 13.5. The molecular weight excluding hydrogens is 436 g/mol. The summed E-state index contributed by atoms with van der Waals surface area (Å²) in [7, 11) is 0. The maximum absolute atomic E-state index is 13.5. The number of ether oxygens (including phenoxy) is 3. The van der Waals surface area contributed by atoms with Crippen LogP contribution in [0.4, 0.5) is 0 Å². The fraction of sp³-hybridized carbons (Fsp3) is 0.538. The number of carbonyl (C=O) groups excluding carboxylic acids is 2. The van der Waals surface area contributed by atoms with Gasteiger partial charge in [-0.15, -0.1) is 0 Å². The summed E-state index contributed by atoms with van der Waals surface area (Å²) in [5.41, 5.74) is 0.914. The molecule has 1 aromatic carbocycles. The van der Waals surface area contributed by atoms with Gasteiger partial charge in [0.2, 0.25) is 18.6 Å². The van der Waals surface area contributed by atoms with E-state index < -0.39 is 0 Å². The maximum Gasteiger partial charge on any atom is 0.242 e. The van der Waals surface area contributed by atoms with Crippen LogP contribution in [0, 0.1) is 12.8 Å². The van der Waals surface area contributed by atoms with Crippen LogP contribution in [0.5, 0.6) is 11.5 Å². The van der Waals surface area contributed by atoms with E-state index in [0.29, 0.717) is 62.9 Å². The van der Waals surface area contributed by atoms with E-state index in [1.807, 2.05) is 58.0 Å². The third kappa shape index (κ3) is 7.52. The molecule has 186 valence electrons. The number of aryl methyl sites for hydroxylation is 1. The third-order valence-corrected chi connectivity index (χ3v) is 5.49. The molecular formula is C26H36N2O6. The van der Waals surface area contributed by atoms with Gasteiger partial charge in [-0.3, -0.25) is 9.59 Å². The molecule has 8 nitrogen and oxygen atoms in total. The van der Waals surface area contributed by atoms with Gasteiger partial charge in [0.25, 0.3) is 0 Å². The molecule has 0 aliphatic carbocycles. The molecule has 1 aliphatic heterocycles. The van der Waals surface area contributed by atoms with Crippen LogP contribution >= 0.6 is 0 Å². The van der Waals surface area contributed by atoms with E-state index in [1.165, 1.54) is 0 Å². The number of furan rings is 1. The Hall–Kier alpha value is -3.00. The van der Waals surface area contributed by atoms with Crippen molar-refractivity contribution in [2.75, 3.05) is 33.1 Å². The molecule has 0 fully saturated rings. The molecule has 2 heterocycles.